The van der Waals surface area contributed by atoms with Gasteiger partial charge in [0.2, 0.25) is 0 Å². The third kappa shape index (κ3) is 2.25. The van der Waals surface area contributed by atoms with Gasteiger partial charge in [0.05, 0.1) is 16.8 Å². The molecule has 23 heavy (non-hydrogen) atoms. The number of para-hydroxylation sites is 1. The Bertz CT molecular complexity index is 998. The normalized spacial score (nSPS) is 12.1. The van der Waals surface area contributed by atoms with E-state index in [1.54, 1.807) is 6.20 Å². The predicted octanol–water partition coefficient (Wildman–Crippen LogP) is 5.40. The van der Waals surface area contributed by atoms with Gasteiger partial charge in [0.15, 0.2) is 0 Å². The van der Waals surface area contributed by atoms with Gasteiger partial charge in [-0.1, -0.05) is 30.3 Å². The smallest absolute Gasteiger partial charge is 0.353 e. The van der Waals surface area contributed by atoms with E-state index in [1.807, 2.05) is 30.3 Å². The molecule has 114 valence electrons. The Morgan fingerprint density at radius 2 is 1.57 bits per heavy atom. The molecule has 0 atom stereocenters. The van der Waals surface area contributed by atoms with Gasteiger partial charge in [-0.05, 0) is 24.3 Å². The zero-order chi connectivity index (χ0) is 16.0. The summed E-state index contributed by atoms with van der Waals surface area (Å²) in [4.78, 5) is 7.66. The zero-order valence-corrected chi connectivity index (χ0v) is 11.9. The van der Waals surface area contributed by atoms with Crippen LogP contribution in [0.5, 0.6) is 0 Å². The van der Waals surface area contributed by atoms with E-state index in [1.165, 1.54) is 12.1 Å². The van der Waals surface area contributed by atoms with Crippen LogP contribution in [-0.2, 0) is 6.18 Å². The number of rotatable bonds is 1. The van der Waals surface area contributed by atoms with Crippen LogP contribution in [0.1, 0.15) is 5.56 Å². The maximum Gasteiger partial charge on any atom is 0.416 e. The van der Waals surface area contributed by atoms with Crippen molar-refractivity contribution < 1.29 is 13.2 Å². The largest absolute Gasteiger partial charge is 0.416 e. The van der Waals surface area contributed by atoms with Crippen molar-refractivity contribution in [1.82, 2.24) is 9.97 Å². The molecule has 2 heterocycles. The summed E-state index contributed by atoms with van der Waals surface area (Å²) >= 11 is 0. The minimum atomic E-state index is -4.33. The summed E-state index contributed by atoms with van der Waals surface area (Å²) in [7, 11) is 0. The third-order valence-corrected chi connectivity index (χ3v) is 3.91. The molecule has 0 fully saturated rings. The van der Waals surface area contributed by atoms with Crippen molar-refractivity contribution in [3.8, 4) is 11.3 Å². The number of nitrogens with zero attached hydrogens (tertiary/aromatic N) is 1. The Kier molecular flexibility index (Phi) is 2.91. The zero-order valence-electron chi connectivity index (χ0n) is 11.9. The lowest BCUT2D eigenvalue weighted by Crippen LogP contribution is -2.04. The number of hydrogen-bond acceptors (Lipinski definition) is 1. The summed E-state index contributed by atoms with van der Waals surface area (Å²) in [6.45, 7) is 0. The molecule has 0 aliphatic carbocycles. The first kappa shape index (κ1) is 13.8. The first-order chi connectivity index (χ1) is 11.0. The number of H-pyrrole nitrogens is 1. The third-order valence-electron chi connectivity index (χ3n) is 3.91. The van der Waals surface area contributed by atoms with E-state index in [0.29, 0.717) is 11.3 Å². The van der Waals surface area contributed by atoms with Crippen LogP contribution >= 0.6 is 0 Å². The van der Waals surface area contributed by atoms with Gasteiger partial charge < -0.3 is 4.98 Å². The van der Waals surface area contributed by atoms with Crippen molar-refractivity contribution in [2.45, 2.75) is 6.18 Å². The Labute approximate surface area is 129 Å². The summed E-state index contributed by atoms with van der Waals surface area (Å²) in [6.07, 6.45) is -2.66. The first-order valence-electron chi connectivity index (χ1n) is 7.07. The van der Waals surface area contributed by atoms with Gasteiger partial charge in [0, 0.05) is 28.0 Å². The van der Waals surface area contributed by atoms with E-state index < -0.39 is 11.7 Å². The molecule has 0 saturated heterocycles. The lowest BCUT2D eigenvalue weighted by molar-refractivity contribution is -0.137. The highest BCUT2D eigenvalue weighted by molar-refractivity contribution is 6.10. The molecule has 0 spiro atoms. The Hall–Kier alpha value is -2.82. The molecule has 2 aromatic heterocycles. The van der Waals surface area contributed by atoms with Gasteiger partial charge in [-0.15, -0.1) is 0 Å². The number of benzene rings is 2. The van der Waals surface area contributed by atoms with E-state index in [4.69, 9.17) is 0 Å². The minimum Gasteiger partial charge on any atom is -0.353 e. The van der Waals surface area contributed by atoms with Crippen LogP contribution in [0.4, 0.5) is 13.2 Å². The lowest BCUT2D eigenvalue weighted by atomic mass is 10.1. The van der Waals surface area contributed by atoms with E-state index in [0.717, 1.165) is 33.9 Å². The summed E-state index contributed by atoms with van der Waals surface area (Å²) in [6, 6.07) is 14.8. The number of halogens is 3. The van der Waals surface area contributed by atoms with Crippen LogP contribution in [0.3, 0.4) is 0 Å². The molecule has 0 amide bonds. The summed E-state index contributed by atoms with van der Waals surface area (Å²) in [5.41, 5.74) is 2.43. The Morgan fingerprint density at radius 3 is 2.30 bits per heavy atom. The highest BCUT2D eigenvalue weighted by Crippen LogP contribution is 2.34. The van der Waals surface area contributed by atoms with Crippen LogP contribution < -0.4 is 0 Å². The van der Waals surface area contributed by atoms with Gasteiger partial charge in [0.25, 0.3) is 0 Å². The lowest BCUT2D eigenvalue weighted by Gasteiger charge is -2.08. The molecule has 0 saturated carbocycles. The number of pyridine rings is 1. The number of alkyl halides is 3. The molecule has 1 N–H and O–H groups in total. The molecule has 4 aromatic rings. The van der Waals surface area contributed by atoms with Crippen molar-refractivity contribution >= 4 is 21.8 Å². The fourth-order valence-corrected chi connectivity index (χ4v) is 2.81. The molecule has 0 bridgehead atoms. The quantitative estimate of drug-likeness (QED) is 0.501. The monoisotopic (exact) mass is 312 g/mol. The van der Waals surface area contributed by atoms with E-state index in [9.17, 15) is 13.2 Å². The Balaban J connectivity index is 1.92. The fraction of sp³-hybridized carbons (Fsp3) is 0.0556. The second kappa shape index (κ2) is 4.84. The number of aromatic amines is 1. The van der Waals surface area contributed by atoms with Crippen LogP contribution in [0.2, 0.25) is 0 Å². The maximum atomic E-state index is 12.7. The van der Waals surface area contributed by atoms with Gasteiger partial charge in [-0.25, -0.2) is 0 Å². The van der Waals surface area contributed by atoms with Gasteiger partial charge in [-0.3, -0.25) is 4.98 Å². The average molecular weight is 312 g/mol. The second-order valence-electron chi connectivity index (χ2n) is 5.33. The van der Waals surface area contributed by atoms with Crippen LogP contribution in [0, 0.1) is 0 Å². The first-order valence-corrected chi connectivity index (χ1v) is 7.07. The van der Waals surface area contributed by atoms with Gasteiger partial charge >= 0.3 is 6.18 Å². The van der Waals surface area contributed by atoms with Crippen molar-refractivity contribution in [2.75, 3.05) is 0 Å². The summed E-state index contributed by atoms with van der Waals surface area (Å²) in [5.74, 6) is 0. The number of hydrogen-bond donors (Lipinski definition) is 1. The van der Waals surface area contributed by atoms with Crippen molar-refractivity contribution in [2.24, 2.45) is 0 Å². The number of nitrogens with one attached hydrogen (secondary N) is 1. The van der Waals surface area contributed by atoms with Crippen LogP contribution in [0.25, 0.3) is 33.1 Å². The molecule has 2 aromatic carbocycles. The molecule has 0 radical (unpaired) electrons. The molecule has 4 rings (SSSR count). The standard InChI is InChI=1S/C18H11F3N2/c19-18(20,21)12-7-5-11(6-8-12)16-17-14(9-10-22-16)13-3-1-2-4-15(13)23-17/h1-10,23H. The average Bonchev–Trinajstić information content (AvgIpc) is 2.93. The number of fused-ring (bicyclic) bond motifs is 3. The second-order valence-corrected chi connectivity index (χ2v) is 5.33. The van der Waals surface area contributed by atoms with Crippen LogP contribution in [0.15, 0.2) is 60.8 Å². The molecule has 2 nitrogen and oxygen atoms in total. The molecule has 0 aliphatic rings. The van der Waals surface area contributed by atoms with Crippen molar-refractivity contribution in [3.63, 3.8) is 0 Å². The minimum absolute atomic E-state index is 0.646. The summed E-state index contributed by atoms with van der Waals surface area (Å²) in [5, 5.41) is 2.07. The number of aromatic nitrogens is 2. The van der Waals surface area contributed by atoms with Gasteiger partial charge in [0.1, 0.15) is 0 Å². The van der Waals surface area contributed by atoms with Crippen LogP contribution in [-0.4, -0.2) is 9.97 Å². The molecule has 5 heteroatoms. The van der Waals surface area contributed by atoms with E-state index >= 15 is 0 Å². The molecular weight excluding hydrogens is 301 g/mol. The SMILES string of the molecule is FC(F)(F)c1ccc(-c2nccc3c2[nH]c2ccccc23)cc1. The highest BCUT2D eigenvalue weighted by Gasteiger charge is 2.30. The van der Waals surface area contributed by atoms with E-state index in [2.05, 4.69) is 9.97 Å². The predicted molar refractivity (Wildman–Crippen MR) is 84.0 cm³/mol. The maximum absolute atomic E-state index is 12.7. The topological polar surface area (TPSA) is 28.7 Å². The van der Waals surface area contributed by atoms with Crippen molar-refractivity contribution in [1.29, 1.82) is 0 Å². The summed E-state index contributed by atoms with van der Waals surface area (Å²) < 4.78 is 38.1. The molecule has 0 aliphatic heterocycles. The molecule has 0 unspecified atom stereocenters. The Morgan fingerprint density at radius 1 is 0.826 bits per heavy atom. The van der Waals surface area contributed by atoms with E-state index in [-0.39, 0.29) is 0 Å². The molecular formula is C18H11F3N2. The highest BCUT2D eigenvalue weighted by atomic mass is 19.4. The fourth-order valence-electron chi connectivity index (χ4n) is 2.81. The van der Waals surface area contributed by atoms with Gasteiger partial charge in [-0.2, -0.15) is 13.2 Å². The van der Waals surface area contributed by atoms with Crippen molar-refractivity contribution in [3.05, 3.63) is 66.4 Å².